The maximum atomic E-state index is 13.6. The predicted octanol–water partition coefficient (Wildman–Crippen LogP) is 6.22. The molecule has 0 bridgehead atoms. The highest BCUT2D eigenvalue weighted by Crippen LogP contribution is 2.36. The number of nitrogens with zero attached hydrogens (tertiary/aromatic N) is 1. The highest BCUT2D eigenvalue weighted by molar-refractivity contribution is 6.00. The fourth-order valence-electron chi connectivity index (χ4n) is 4.57. The zero-order valence-corrected chi connectivity index (χ0v) is 20.3. The van der Waals surface area contributed by atoms with Crippen molar-refractivity contribution >= 4 is 22.3 Å². The van der Waals surface area contributed by atoms with Crippen molar-refractivity contribution in [1.29, 1.82) is 0 Å². The van der Waals surface area contributed by atoms with Gasteiger partial charge in [-0.05, 0) is 80.0 Å². The van der Waals surface area contributed by atoms with Gasteiger partial charge in [0, 0.05) is 23.7 Å². The Kier molecular flexibility index (Phi) is 7.18. The van der Waals surface area contributed by atoms with Gasteiger partial charge in [0.25, 0.3) is 0 Å². The molecule has 1 fully saturated rings. The van der Waals surface area contributed by atoms with E-state index in [0.717, 1.165) is 31.1 Å². The van der Waals surface area contributed by atoms with Crippen molar-refractivity contribution in [2.45, 2.75) is 19.3 Å². The van der Waals surface area contributed by atoms with Crippen LogP contribution in [-0.2, 0) is 0 Å². The average Bonchev–Trinajstić information content (AvgIpc) is 2.91. The van der Waals surface area contributed by atoms with Crippen LogP contribution in [0, 0.1) is 5.82 Å². The normalized spacial score (nSPS) is 14.1. The number of fused-ring (bicyclic) bond motifs is 1. The average molecular weight is 489 g/mol. The molecular formula is C29H29FN2O4. The maximum Gasteiger partial charge on any atom is 0.346 e. The third-order valence-electron chi connectivity index (χ3n) is 6.50. The summed E-state index contributed by atoms with van der Waals surface area (Å²) in [4.78, 5) is 15.5. The summed E-state index contributed by atoms with van der Waals surface area (Å²) in [5.74, 6) is 0.995. The molecule has 0 unspecified atom stereocenters. The van der Waals surface area contributed by atoms with Crippen LogP contribution < -0.4 is 20.4 Å². The van der Waals surface area contributed by atoms with Crippen LogP contribution in [0.3, 0.4) is 0 Å². The summed E-state index contributed by atoms with van der Waals surface area (Å²) in [5.41, 5.74) is 2.12. The zero-order valence-electron chi connectivity index (χ0n) is 20.3. The molecule has 4 aromatic rings. The fraction of sp³-hybridized carbons (Fsp3) is 0.276. The van der Waals surface area contributed by atoms with E-state index in [9.17, 15) is 9.18 Å². The molecule has 36 heavy (non-hydrogen) atoms. The fourth-order valence-corrected chi connectivity index (χ4v) is 4.57. The van der Waals surface area contributed by atoms with E-state index < -0.39 is 5.63 Å². The minimum absolute atomic E-state index is 0.328. The summed E-state index contributed by atoms with van der Waals surface area (Å²) in [6.45, 7) is 3.87. The molecule has 0 radical (unpaired) electrons. The molecule has 0 aliphatic carbocycles. The van der Waals surface area contributed by atoms with Gasteiger partial charge < -0.3 is 19.2 Å². The van der Waals surface area contributed by atoms with Crippen molar-refractivity contribution in [2.24, 2.45) is 0 Å². The standard InChI is InChI=1S/C29H29FN2O4/c1-34-24-13-14-25-26(19-24)36-29(33)27(20-5-7-21(30)8-6-20)28(25)31-22-9-11-23(12-10-22)35-18-17-32-15-3-2-4-16-32/h5-14,19,31H,2-4,15-18H2,1H3. The largest absolute Gasteiger partial charge is 0.497 e. The van der Waals surface area contributed by atoms with Crippen molar-refractivity contribution in [3.8, 4) is 22.6 Å². The Bertz CT molecular complexity index is 1380. The molecule has 2 heterocycles. The highest BCUT2D eigenvalue weighted by atomic mass is 19.1. The molecule has 0 amide bonds. The van der Waals surface area contributed by atoms with Gasteiger partial charge in [0.1, 0.15) is 29.5 Å². The van der Waals surface area contributed by atoms with E-state index in [4.69, 9.17) is 13.9 Å². The molecule has 7 heteroatoms. The monoisotopic (exact) mass is 488 g/mol. The van der Waals surface area contributed by atoms with E-state index in [1.165, 1.54) is 31.4 Å². The Morgan fingerprint density at radius 2 is 1.67 bits per heavy atom. The molecule has 6 nitrogen and oxygen atoms in total. The summed E-state index contributed by atoms with van der Waals surface area (Å²) in [7, 11) is 1.56. The lowest BCUT2D eigenvalue weighted by Gasteiger charge is -2.26. The lowest BCUT2D eigenvalue weighted by atomic mass is 10.0. The molecule has 1 N–H and O–H groups in total. The van der Waals surface area contributed by atoms with Crippen molar-refractivity contribution in [2.75, 3.05) is 38.7 Å². The van der Waals surface area contributed by atoms with E-state index in [1.54, 1.807) is 31.4 Å². The molecule has 1 aliphatic rings. The van der Waals surface area contributed by atoms with Gasteiger partial charge >= 0.3 is 5.63 Å². The number of benzene rings is 3. The van der Waals surface area contributed by atoms with Gasteiger partial charge in [0.15, 0.2) is 0 Å². The van der Waals surface area contributed by atoms with Crippen LogP contribution >= 0.6 is 0 Å². The van der Waals surface area contributed by atoms with Crippen LogP contribution in [0.4, 0.5) is 15.8 Å². The topological polar surface area (TPSA) is 63.9 Å². The van der Waals surface area contributed by atoms with Gasteiger partial charge in [0.05, 0.1) is 18.4 Å². The molecular weight excluding hydrogens is 459 g/mol. The molecule has 1 aromatic heterocycles. The van der Waals surface area contributed by atoms with Gasteiger partial charge in [-0.25, -0.2) is 9.18 Å². The molecule has 0 atom stereocenters. The molecule has 1 saturated heterocycles. The van der Waals surface area contributed by atoms with Crippen LogP contribution in [-0.4, -0.2) is 38.3 Å². The number of halogens is 1. The van der Waals surface area contributed by atoms with Crippen molar-refractivity contribution in [3.63, 3.8) is 0 Å². The molecule has 186 valence electrons. The number of likely N-dealkylation sites (tertiary alicyclic amines) is 1. The predicted molar refractivity (Wildman–Crippen MR) is 140 cm³/mol. The molecule has 3 aromatic carbocycles. The van der Waals surface area contributed by atoms with Crippen molar-refractivity contribution < 1.29 is 18.3 Å². The van der Waals surface area contributed by atoms with E-state index in [2.05, 4.69) is 10.2 Å². The second-order valence-corrected chi connectivity index (χ2v) is 8.91. The zero-order chi connectivity index (χ0) is 24.9. The Hall–Kier alpha value is -3.84. The minimum Gasteiger partial charge on any atom is -0.497 e. The Labute approximate surface area is 209 Å². The number of hydrogen-bond donors (Lipinski definition) is 1. The summed E-state index contributed by atoms with van der Waals surface area (Å²) in [5, 5.41) is 4.09. The van der Waals surface area contributed by atoms with Crippen LogP contribution in [0.2, 0.25) is 0 Å². The Morgan fingerprint density at radius 3 is 2.39 bits per heavy atom. The van der Waals surface area contributed by atoms with E-state index in [-0.39, 0.29) is 5.82 Å². The van der Waals surface area contributed by atoms with Gasteiger partial charge in [-0.3, -0.25) is 4.90 Å². The van der Waals surface area contributed by atoms with Gasteiger partial charge in [-0.2, -0.15) is 0 Å². The number of ether oxygens (including phenoxy) is 2. The number of piperidine rings is 1. The Balaban J connectivity index is 1.42. The Morgan fingerprint density at radius 1 is 0.944 bits per heavy atom. The first-order chi connectivity index (χ1) is 17.6. The minimum atomic E-state index is -0.525. The van der Waals surface area contributed by atoms with Crippen LogP contribution in [0.25, 0.3) is 22.1 Å². The lowest BCUT2D eigenvalue weighted by Crippen LogP contribution is -2.33. The quantitative estimate of drug-likeness (QED) is 0.297. The number of rotatable bonds is 8. The van der Waals surface area contributed by atoms with Gasteiger partial charge in [-0.1, -0.05) is 18.6 Å². The smallest absolute Gasteiger partial charge is 0.346 e. The summed E-state index contributed by atoms with van der Waals surface area (Å²) < 4.78 is 30.4. The van der Waals surface area contributed by atoms with Crippen molar-refractivity contribution in [1.82, 2.24) is 4.90 Å². The first-order valence-electron chi connectivity index (χ1n) is 12.2. The van der Waals surface area contributed by atoms with E-state index in [1.807, 2.05) is 30.3 Å². The number of anilines is 2. The SMILES string of the molecule is COc1ccc2c(Nc3ccc(OCCN4CCCCC4)cc3)c(-c3ccc(F)cc3)c(=O)oc2c1. The first-order valence-corrected chi connectivity index (χ1v) is 12.2. The van der Waals surface area contributed by atoms with Crippen LogP contribution in [0.1, 0.15) is 19.3 Å². The first kappa shape index (κ1) is 23.9. The van der Waals surface area contributed by atoms with Crippen molar-refractivity contribution in [3.05, 3.63) is 83.0 Å². The second kappa shape index (κ2) is 10.8. The van der Waals surface area contributed by atoms with Gasteiger partial charge in [0.2, 0.25) is 0 Å². The summed E-state index contributed by atoms with van der Waals surface area (Å²) >= 11 is 0. The molecule has 0 saturated carbocycles. The number of nitrogens with one attached hydrogen (secondary N) is 1. The van der Waals surface area contributed by atoms with E-state index >= 15 is 0 Å². The third-order valence-corrected chi connectivity index (χ3v) is 6.50. The summed E-state index contributed by atoms with van der Waals surface area (Å²) in [6.07, 6.45) is 3.85. The lowest BCUT2D eigenvalue weighted by molar-refractivity contribution is 0.183. The summed E-state index contributed by atoms with van der Waals surface area (Å²) in [6, 6.07) is 18.8. The molecule has 1 aliphatic heterocycles. The maximum absolute atomic E-state index is 13.6. The number of hydrogen-bond acceptors (Lipinski definition) is 6. The van der Waals surface area contributed by atoms with E-state index in [0.29, 0.717) is 40.1 Å². The highest BCUT2D eigenvalue weighted by Gasteiger charge is 2.18. The van der Waals surface area contributed by atoms with Crippen LogP contribution in [0.15, 0.2) is 75.9 Å². The number of methoxy groups -OCH3 is 1. The molecule has 5 rings (SSSR count). The third kappa shape index (κ3) is 5.36. The van der Waals surface area contributed by atoms with Gasteiger partial charge in [-0.15, -0.1) is 0 Å². The second-order valence-electron chi connectivity index (χ2n) is 8.91. The van der Waals surface area contributed by atoms with Crippen LogP contribution in [0.5, 0.6) is 11.5 Å². The molecule has 0 spiro atoms.